The molecular formula is C25H29N3O5S. The van der Waals surface area contributed by atoms with Gasteiger partial charge in [-0.15, -0.1) is 11.3 Å². The van der Waals surface area contributed by atoms with E-state index >= 15 is 0 Å². The van der Waals surface area contributed by atoms with Crippen LogP contribution >= 0.6 is 11.3 Å². The second-order valence-corrected chi connectivity index (χ2v) is 8.15. The molecule has 3 aromatic rings. The Morgan fingerprint density at radius 3 is 2.44 bits per heavy atom. The lowest BCUT2D eigenvalue weighted by Gasteiger charge is -2.13. The number of nitrogens with zero attached hydrogens (tertiary/aromatic N) is 3. The van der Waals surface area contributed by atoms with Gasteiger partial charge in [-0.25, -0.2) is 9.78 Å². The molecule has 3 rings (SSSR count). The number of hydrazone groups is 1. The molecule has 8 nitrogen and oxygen atoms in total. The van der Waals surface area contributed by atoms with Crippen molar-refractivity contribution in [1.29, 1.82) is 0 Å². The number of aromatic nitrogens is 1. The zero-order valence-electron chi connectivity index (χ0n) is 20.2. The van der Waals surface area contributed by atoms with E-state index in [2.05, 4.69) is 5.10 Å². The number of thiazole rings is 1. The highest BCUT2D eigenvalue weighted by atomic mass is 32.1. The average molecular weight is 484 g/mol. The number of esters is 1. The third kappa shape index (κ3) is 5.66. The van der Waals surface area contributed by atoms with Crippen LogP contribution in [0.3, 0.4) is 0 Å². The standard InChI is InChI=1S/C25H29N3O5S/c1-7-32-21-10-9-16(13-22(21)33-8-2)24-27-20(15-34-24)17-11-18(14-26-28(3)4)23(30-5)19(12-17)25(29)31-6/h9-15H,7-8H2,1-6H3. The fourth-order valence-corrected chi connectivity index (χ4v) is 4.11. The summed E-state index contributed by atoms with van der Waals surface area (Å²) in [7, 11) is 6.48. The summed E-state index contributed by atoms with van der Waals surface area (Å²) in [6, 6.07) is 9.39. The smallest absolute Gasteiger partial charge is 0.341 e. The number of carbonyl (C=O) groups is 1. The molecule has 180 valence electrons. The van der Waals surface area contributed by atoms with Gasteiger partial charge in [-0.2, -0.15) is 5.10 Å². The van der Waals surface area contributed by atoms with Crippen LogP contribution < -0.4 is 14.2 Å². The van der Waals surface area contributed by atoms with Gasteiger partial charge >= 0.3 is 5.97 Å². The minimum atomic E-state index is -0.499. The Hall–Kier alpha value is -3.59. The van der Waals surface area contributed by atoms with E-state index in [-0.39, 0.29) is 0 Å². The van der Waals surface area contributed by atoms with Crippen molar-refractivity contribution in [3.05, 3.63) is 46.8 Å². The van der Waals surface area contributed by atoms with Crippen molar-refractivity contribution in [3.8, 4) is 39.1 Å². The number of rotatable bonds is 10. The fraction of sp³-hybridized carbons (Fsp3) is 0.320. The van der Waals surface area contributed by atoms with Gasteiger partial charge < -0.3 is 24.0 Å². The lowest BCUT2D eigenvalue weighted by atomic mass is 10.0. The lowest BCUT2D eigenvalue weighted by Crippen LogP contribution is -2.08. The Morgan fingerprint density at radius 2 is 1.79 bits per heavy atom. The zero-order valence-corrected chi connectivity index (χ0v) is 21.1. The maximum absolute atomic E-state index is 12.5. The number of benzene rings is 2. The SMILES string of the molecule is CCOc1ccc(-c2nc(-c3cc(C=NN(C)C)c(OC)c(C(=O)OC)c3)cs2)cc1OCC. The Morgan fingerprint density at radius 1 is 1.06 bits per heavy atom. The summed E-state index contributed by atoms with van der Waals surface area (Å²) < 4.78 is 21.9. The molecule has 2 aromatic carbocycles. The molecular weight excluding hydrogens is 454 g/mol. The van der Waals surface area contributed by atoms with E-state index in [0.29, 0.717) is 41.6 Å². The van der Waals surface area contributed by atoms with Gasteiger partial charge in [0.25, 0.3) is 0 Å². The molecule has 0 spiro atoms. The first-order valence-electron chi connectivity index (χ1n) is 10.8. The summed E-state index contributed by atoms with van der Waals surface area (Å²) in [5.74, 6) is 1.27. The van der Waals surface area contributed by atoms with Gasteiger partial charge in [0.15, 0.2) is 11.5 Å². The van der Waals surface area contributed by atoms with Crippen molar-refractivity contribution in [1.82, 2.24) is 9.99 Å². The number of hydrogen-bond acceptors (Lipinski definition) is 9. The van der Waals surface area contributed by atoms with Crippen LogP contribution in [-0.4, -0.2) is 63.7 Å². The highest BCUT2D eigenvalue weighted by Gasteiger charge is 2.20. The van der Waals surface area contributed by atoms with E-state index in [1.54, 1.807) is 17.3 Å². The molecule has 1 aromatic heterocycles. The molecule has 34 heavy (non-hydrogen) atoms. The topological polar surface area (TPSA) is 82.5 Å². The summed E-state index contributed by atoms with van der Waals surface area (Å²) in [6.07, 6.45) is 1.64. The lowest BCUT2D eigenvalue weighted by molar-refractivity contribution is 0.0597. The first-order chi connectivity index (χ1) is 16.4. The predicted molar refractivity (Wildman–Crippen MR) is 134 cm³/mol. The van der Waals surface area contributed by atoms with Crippen molar-refractivity contribution in [2.24, 2.45) is 5.10 Å². The quantitative estimate of drug-likeness (QED) is 0.229. The van der Waals surface area contributed by atoms with Crippen LogP contribution in [-0.2, 0) is 4.74 Å². The molecule has 0 saturated carbocycles. The predicted octanol–water partition coefficient (Wildman–Crippen LogP) is 4.97. The van der Waals surface area contributed by atoms with Crippen LogP contribution in [0, 0.1) is 0 Å². The van der Waals surface area contributed by atoms with E-state index in [0.717, 1.165) is 21.8 Å². The van der Waals surface area contributed by atoms with E-state index in [1.165, 1.54) is 25.6 Å². The van der Waals surface area contributed by atoms with Crippen LogP contribution in [0.1, 0.15) is 29.8 Å². The maximum Gasteiger partial charge on any atom is 0.341 e. The van der Waals surface area contributed by atoms with Crippen molar-refractivity contribution in [2.45, 2.75) is 13.8 Å². The van der Waals surface area contributed by atoms with E-state index in [9.17, 15) is 4.79 Å². The first-order valence-corrected chi connectivity index (χ1v) is 11.7. The summed E-state index contributed by atoms with van der Waals surface area (Å²) in [5, 5.41) is 8.72. The van der Waals surface area contributed by atoms with Gasteiger partial charge in [0.1, 0.15) is 16.3 Å². The highest BCUT2D eigenvalue weighted by Crippen LogP contribution is 2.37. The molecule has 0 fully saturated rings. The van der Waals surface area contributed by atoms with E-state index in [4.69, 9.17) is 23.9 Å². The van der Waals surface area contributed by atoms with Gasteiger partial charge in [0.2, 0.25) is 0 Å². The van der Waals surface area contributed by atoms with Crippen molar-refractivity contribution in [2.75, 3.05) is 41.5 Å². The normalized spacial score (nSPS) is 10.9. The number of methoxy groups -OCH3 is 2. The molecule has 1 heterocycles. The minimum Gasteiger partial charge on any atom is -0.495 e. The molecule has 0 bridgehead atoms. The number of ether oxygens (including phenoxy) is 4. The molecule has 0 atom stereocenters. The molecule has 9 heteroatoms. The molecule has 0 saturated heterocycles. The van der Waals surface area contributed by atoms with Gasteiger partial charge in [0, 0.05) is 36.2 Å². The molecule has 0 aliphatic rings. The zero-order chi connectivity index (χ0) is 24.7. The summed E-state index contributed by atoms with van der Waals surface area (Å²) in [5.41, 5.74) is 3.33. The van der Waals surface area contributed by atoms with Crippen LogP contribution in [0.5, 0.6) is 17.2 Å². The monoisotopic (exact) mass is 483 g/mol. The highest BCUT2D eigenvalue weighted by molar-refractivity contribution is 7.13. The average Bonchev–Trinajstić information content (AvgIpc) is 3.33. The Bertz CT molecular complexity index is 1170. The summed E-state index contributed by atoms with van der Waals surface area (Å²) in [4.78, 5) is 17.3. The molecule has 0 amide bonds. The number of hydrogen-bond donors (Lipinski definition) is 0. The summed E-state index contributed by atoms with van der Waals surface area (Å²) in [6.45, 7) is 4.96. The largest absolute Gasteiger partial charge is 0.495 e. The molecule has 0 aliphatic heterocycles. The Kier molecular flexibility index (Phi) is 8.48. The van der Waals surface area contributed by atoms with Gasteiger partial charge in [0.05, 0.1) is 39.3 Å². The second-order valence-electron chi connectivity index (χ2n) is 7.30. The van der Waals surface area contributed by atoms with Gasteiger partial charge in [-0.05, 0) is 44.2 Å². The molecule has 0 aliphatic carbocycles. The van der Waals surface area contributed by atoms with Crippen LogP contribution in [0.4, 0.5) is 0 Å². The van der Waals surface area contributed by atoms with Crippen molar-refractivity contribution >= 4 is 23.5 Å². The third-order valence-corrected chi connectivity index (χ3v) is 5.64. The molecule has 0 unspecified atom stereocenters. The molecule has 0 N–H and O–H groups in total. The summed E-state index contributed by atoms with van der Waals surface area (Å²) >= 11 is 1.50. The fourth-order valence-electron chi connectivity index (χ4n) is 3.29. The second kappa shape index (κ2) is 11.5. The van der Waals surface area contributed by atoms with E-state index in [1.807, 2.05) is 57.6 Å². The Labute approximate surface area is 203 Å². The maximum atomic E-state index is 12.5. The van der Waals surface area contributed by atoms with Gasteiger partial charge in [-0.1, -0.05) is 0 Å². The molecule has 0 radical (unpaired) electrons. The Balaban J connectivity index is 2.07. The van der Waals surface area contributed by atoms with Crippen LogP contribution in [0.25, 0.3) is 21.8 Å². The first kappa shape index (κ1) is 25.0. The third-order valence-electron chi connectivity index (χ3n) is 4.75. The number of carbonyl (C=O) groups excluding carboxylic acids is 1. The van der Waals surface area contributed by atoms with Gasteiger partial charge in [-0.3, -0.25) is 0 Å². The van der Waals surface area contributed by atoms with Crippen LogP contribution in [0.2, 0.25) is 0 Å². The van der Waals surface area contributed by atoms with Crippen LogP contribution in [0.15, 0.2) is 40.8 Å². The van der Waals surface area contributed by atoms with Crippen molar-refractivity contribution in [3.63, 3.8) is 0 Å². The van der Waals surface area contributed by atoms with Crippen molar-refractivity contribution < 1.29 is 23.7 Å². The minimum absolute atomic E-state index is 0.303. The van der Waals surface area contributed by atoms with E-state index < -0.39 is 5.97 Å².